The second kappa shape index (κ2) is 5.51. The lowest BCUT2D eigenvalue weighted by atomic mass is 10.0. The van der Waals surface area contributed by atoms with Crippen molar-refractivity contribution in [1.82, 2.24) is 5.32 Å². The molecule has 2 rings (SSSR count). The Bertz CT molecular complexity index is 542. The monoisotopic (exact) mass is 282 g/mol. The zero-order valence-electron chi connectivity index (χ0n) is 11.4. The standard InChI is InChI=1S/C14H22N2O2S/c1-14(7-9-19(17,18)11-14)16-8-3-5-12-4-2-6-13(15)10-12/h2,4,6,10,16H,3,5,7-9,11,15H2,1H3. The van der Waals surface area contributed by atoms with E-state index in [9.17, 15) is 8.42 Å². The van der Waals surface area contributed by atoms with Gasteiger partial charge in [-0.2, -0.15) is 0 Å². The Morgan fingerprint density at radius 1 is 1.42 bits per heavy atom. The molecular weight excluding hydrogens is 260 g/mol. The number of nitrogens with two attached hydrogens (primary N) is 1. The predicted molar refractivity (Wildman–Crippen MR) is 78.9 cm³/mol. The van der Waals surface area contributed by atoms with E-state index in [1.165, 1.54) is 5.56 Å². The number of nitrogen functional groups attached to an aromatic ring is 1. The molecule has 0 radical (unpaired) electrons. The second-order valence-electron chi connectivity index (χ2n) is 5.68. The van der Waals surface area contributed by atoms with E-state index in [-0.39, 0.29) is 11.3 Å². The van der Waals surface area contributed by atoms with Crippen molar-refractivity contribution in [3.8, 4) is 0 Å². The molecule has 1 fully saturated rings. The van der Waals surface area contributed by atoms with E-state index in [1.54, 1.807) is 0 Å². The van der Waals surface area contributed by atoms with Crippen LogP contribution in [0.4, 0.5) is 5.69 Å². The summed E-state index contributed by atoms with van der Waals surface area (Å²) < 4.78 is 23.0. The van der Waals surface area contributed by atoms with Crippen LogP contribution in [0.3, 0.4) is 0 Å². The van der Waals surface area contributed by atoms with E-state index < -0.39 is 9.84 Å². The lowest BCUT2D eigenvalue weighted by Crippen LogP contribution is -2.43. The Hall–Kier alpha value is -1.07. The molecule has 1 aromatic carbocycles. The molecule has 3 N–H and O–H groups in total. The third kappa shape index (κ3) is 4.21. The van der Waals surface area contributed by atoms with Crippen molar-refractivity contribution in [3.05, 3.63) is 29.8 Å². The molecule has 1 heterocycles. The first-order chi connectivity index (χ1) is 8.89. The van der Waals surface area contributed by atoms with Crippen LogP contribution in [0.2, 0.25) is 0 Å². The Labute approximate surface area is 115 Å². The van der Waals surface area contributed by atoms with Crippen molar-refractivity contribution in [2.75, 3.05) is 23.8 Å². The maximum absolute atomic E-state index is 11.5. The number of benzene rings is 1. The fourth-order valence-electron chi connectivity index (χ4n) is 2.58. The number of rotatable bonds is 5. The van der Waals surface area contributed by atoms with Crippen LogP contribution in [0.25, 0.3) is 0 Å². The van der Waals surface area contributed by atoms with Crippen LogP contribution in [0.1, 0.15) is 25.3 Å². The number of hydrogen-bond donors (Lipinski definition) is 2. The van der Waals surface area contributed by atoms with Crippen LogP contribution < -0.4 is 11.1 Å². The molecular formula is C14H22N2O2S. The minimum absolute atomic E-state index is 0.242. The van der Waals surface area contributed by atoms with Crippen LogP contribution >= 0.6 is 0 Å². The zero-order valence-corrected chi connectivity index (χ0v) is 12.2. The van der Waals surface area contributed by atoms with Gasteiger partial charge in [-0.15, -0.1) is 0 Å². The minimum atomic E-state index is -2.83. The topological polar surface area (TPSA) is 72.2 Å². The summed E-state index contributed by atoms with van der Waals surface area (Å²) in [5, 5.41) is 3.39. The van der Waals surface area contributed by atoms with Gasteiger partial charge in [0.25, 0.3) is 0 Å². The van der Waals surface area contributed by atoms with Gasteiger partial charge in [0.05, 0.1) is 11.5 Å². The van der Waals surface area contributed by atoms with Gasteiger partial charge < -0.3 is 11.1 Å². The zero-order chi connectivity index (χ0) is 13.9. The molecule has 19 heavy (non-hydrogen) atoms. The maximum atomic E-state index is 11.5. The summed E-state index contributed by atoms with van der Waals surface area (Å²) in [6, 6.07) is 7.90. The molecule has 1 aliphatic heterocycles. The number of hydrogen-bond acceptors (Lipinski definition) is 4. The first-order valence-corrected chi connectivity index (χ1v) is 8.51. The normalized spacial score (nSPS) is 25.5. The fraction of sp³-hybridized carbons (Fsp3) is 0.571. The third-order valence-electron chi connectivity index (χ3n) is 3.65. The van der Waals surface area contributed by atoms with Crippen molar-refractivity contribution in [2.24, 2.45) is 0 Å². The van der Waals surface area contributed by atoms with E-state index in [4.69, 9.17) is 5.73 Å². The molecule has 1 atom stereocenters. The molecule has 1 aliphatic rings. The molecule has 106 valence electrons. The van der Waals surface area contributed by atoms with E-state index in [1.807, 2.05) is 25.1 Å². The Morgan fingerprint density at radius 2 is 2.21 bits per heavy atom. The van der Waals surface area contributed by atoms with Crippen molar-refractivity contribution >= 4 is 15.5 Å². The van der Waals surface area contributed by atoms with Gasteiger partial charge in [-0.3, -0.25) is 0 Å². The molecule has 1 aromatic rings. The van der Waals surface area contributed by atoms with E-state index in [2.05, 4.69) is 11.4 Å². The molecule has 1 unspecified atom stereocenters. The summed E-state index contributed by atoms with van der Waals surface area (Å²) in [6.45, 7) is 2.83. The highest BCUT2D eigenvalue weighted by molar-refractivity contribution is 7.91. The SMILES string of the molecule is CC1(NCCCc2cccc(N)c2)CCS(=O)(=O)C1. The first-order valence-electron chi connectivity index (χ1n) is 6.68. The van der Waals surface area contributed by atoms with Crippen LogP contribution in [-0.4, -0.2) is 32.0 Å². The van der Waals surface area contributed by atoms with Crippen molar-refractivity contribution in [2.45, 2.75) is 31.7 Å². The summed E-state index contributed by atoms with van der Waals surface area (Å²) in [4.78, 5) is 0. The van der Waals surface area contributed by atoms with E-state index in [0.29, 0.717) is 12.2 Å². The van der Waals surface area contributed by atoms with Gasteiger partial charge in [0.2, 0.25) is 0 Å². The lowest BCUT2D eigenvalue weighted by molar-refractivity contribution is 0.395. The van der Waals surface area contributed by atoms with Crippen LogP contribution in [-0.2, 0) is 16.3 Å². The van der Waals surface area contributed by atoms with Gasteiger partial charge in [-0.05, 0) is 50.4 Å². The van der Waals surface area contributed by atoms with Crippen molar-refractivity contribution in [3.63, 3.8) is 0 Å². The summed E-state index contributed by atoms with van der Waals surface area (Å²) >= 11 is 0. The molecule has 0 spiro atoms. The highest BCUT2D eigenvalue weighted by Crippen LogP contribution is 2.22. The summed E-state index contributed by atoms with van der Waals surface area (Å²) in [7, 11) is -2.83. The average Bonchev–Trinajstić information content (AvgIpc) is 2.60. The van der Waals surface area contributed by atoms with Crippen molar-refractivity contribution < 1.29 is 8.42 Å². The van der Waals surface area contributed by atoms with Gasteiger partial charge in [0, 0.05) is 11.2 Å². The molecule has 0 saturated carbocycles. The lowest BCUT2D eigenvalue weighted by Gasteiger charge is -2.23. The van der Waals surface area contributed by atoms with Gasteiger partial charge in [-0.25, -0.2) is 8.42 Å². The van der Waals surface area contributed by atoms with E-state index >= 15 is 0 Å². The molecule has 0 bridgehead atoms. The van der Waals surface area contributed by atoms with Crippen LogP contribution in [0.5, 0.6) is 0 Å². The maximum Gasteiger partial charge on any atom is 0.152 e. The van der Waals surface area contributed by atoms with Crippen molar-refractivity contribution in [1.29, 1.82) is 0 Å². The smallest absolute Gasteiger partial charge is 0.152 e. The third-order valence-corrected chi connectivity index (χ3v) is 5.55. The molecule has 5 heteroatoms. The predicted octanol–water partition coefficient (Wildman–Crippen LogP) is 1.37. The summed E-state index contributed by atoms with van der Waals surface area (Å²) in [6.07, 6.45) is 2.66. The molecule has 0 aromatic heterocycles. The Balaban J connectivity index is 1.76. The number of nitrogens with one attached hydrogen (secondary N) is 1. The Kier molecular flexibility index (Phi) is 4.16. The quantitative estimate of drug-likeness (QED) is 0.632. The highest BCUT2D eigenvalue weighted by atomic mass is 32.2. The molecule has 0 aliphatic carbocycles. The molecule has 1 saturated heterocycles. The molecule has 0 amide bonds. The van der Waals surface area contributed by atoms with Crippen LogP contribution in [0, 0.1) is 0 Å². The largest absolute Gasteiger partial charge is 0.399 e. The Morgan fingerprint density at radius 3 is 2.84 bits per heavy atom. The second-order valence-corrected chi connectivity index (χ2v) is 7.86. The van der Waals surface area contributed by atoms with Gasteiger partial charge in [0.1, 0.15) is 0 Å². The van der Waals surface area contributed by atoms with E-state index in [0.717, 1.165) is 25.1 Å². The molecule has 4 nitrogen and oxygen atoms in total. The minimum Gasteiger partial charge on any atom is -0.399 e. The van der Waals surface area contributed by atoms with Crippen LogP contribution in [0.15, 0.2) is 24.3 Å². The number of aryl methyl sites for hydroxylation is 1. The highest BCUT2D eigenvalue weighted by Gasteiger charge is 2.37. The fourth-order valence-corrected chi connectivity index (χ4v) is 4.70. The number of sulfone groups is 1. The summed E-state index contributed by atoms with van der Waals surface area (Å²) in [5.74, 6) is 0.573. The van der Waals surface area contributed by atoms with Gasteiger partial charge in [-0.1, -0.05) is 12.1 Å². The first kappa shape index (κ1) is 14.3. The van der Waals surface area contributed by atoms with Gasteiger partial charge in [0.15, 0.2) is 9.84 Å². The average molecular weight is 282 g/mol. The summed E-state index contributed by atoms with van der Waals surface area (Å²) in [5.41, 5.74) is 7.51. The number of anilines is 1. The van der Waals surface area contributed by atoms with Gasteiger partial charge >= 0.3 is 0 Å².